The van der Waals surface area contributed by atoms with Gasteiger partial charge in [0.15, 0.2) is 0 Å². The predicted molar refractivity (Wildman–Crippen MR) is 103 cm³/mol. The zero-order valence-electron chi connectivity index (χ0n) is 17.2. The average molecular weight is 346 g/mol. The molecule has 25 heavy (non-hydrogen) atoms. The monoisotopic (exact) mass is 345 g/mol. The normalized spacial score (nSPS) is 51.0. The van der Waals surface area contributed by atoms with Gasteiger partial charge in [-0.2, -0.15) is 0 Å². The maximum absolute atomic E-state index is 12.0. The Bertz CT molecular complexity index is 542. The molecule has 0 bridgehead atoms. The van der Waals surface area contributed by atoms with Gasteiger partial charge in [0, 0.05) is 18.9 Å². The van der Waals surface area contributed by atoms with E-state index in [-0.39, 0.29) is 0 Å². The Hall–Kier alpha value is -0.370. The second-order valence-electron chi connectivity index (χ2n) is 10.8. The highest BCUT2D eigenvalue weighted by molar-refractivity contribution is 5.79. The lowest BCUT2D eigenvalue weighted by Gasteiger charge is -2.60. The largest absolute Gasteiger partial charge is 0.306 e. The van der Waals surface area contributed by atoms with E-state index in [4.69, 9.17) is 0 Å². The molecule has 0 amide bonds. The summed E-state index contributed by atoms with van der Waals surface area (Å²) in [7, 11) is 4.52. The molecule has 0 aromatic carbocycles. The van der Waals surface area contributed by atoms with Gasteiger partial charge >= 0.3 is 0 Å². The standard InChI is InChI=1S/C23H39NO/c1-15(24(4)5)19-8-9-20-18-7-6-16-14-17(25)10-12-22(16,2)21(18)11-13-23(19,20)3/h15-16,18-21H,6-14H2,1-5H3. The molecule has 2 nitrogen and oxygen atoms in total. The van der Waals surface area contributed by atoms with Gasteiger partial charge in [0.1, 0.15) is 5.78 Å². The summed E-state index contributed by atoms with van der Waals surface area (Å²) in [5.41, 5.74) is 1.02. The van der Waals surface area contributed by atoms with Crippen molar-refractivity contribution in [2.45, 2.75) is 84.6 Å². The first-order valence-corrected chi connectivity index (χ1v) is 11.0. The van der Waals surface area contributed by atoms with Crippen LogP contribution < -0.4 is 0 Å². The molecule has 2 heteroatoms. The molecule has 8 atom stereocenters. The molecule has 4 rings (SSSR count). The zero-order valence-corrected chi connectivity index (χ0v) is 17.2. The number of carbonyl (C=O) groups is 1. The van der Waals surface area contributed by atoms with Crippen molar-refractivity contribution in [2.75, 3.05) is 14.1 Å². The Kier molecular flexibility index (Phi) is 4.38. The van der Waals surface area contributed by atoms with Crippen molar-refractivity contribution >= 4 is 5.78 Å². The number of Topliss-reactive ketones (excluding diaryl/α,β-unsaturated/α-hetero) is 1. The lowest BCUT2D eigenvalue weighted by Crippen LogP contribution is -2.54. The topological polar surface area (TPSA) is 20.3 Å². The molecule has 8 unspecified atom stereocenters. The van der Waals surface area contributed by atoms with E-state index in [2.05, 4.69) is 39.8 Å². The molecular weight excluding hydrogens is 306 g/mol. The molecule has 4 fully saturated rings. The summed E-state index contributed by atoms with van der Waals surface area (Å²) in [6.07, 6.45) is 11.4. The van der Waals surface area contributed by atoms with Gasteiger partial charge in [0.2, 0.25) is 0 Å². The third-order valence-corrected chi connectivity index (χ3v) is 9.95. The summed E-state index contributed by atoms with van der Waals surface area (Å²) >= 11 is 0. The van der Waals surface area contributed by atoms with Crippen LogP contribution in [0.5, 0.6) is 0 Å². The van der Waals surface area contributed by atoms with Gasteiger partial charge in [-0.3, -0.25) is 4.79 Å². The van der Waals surface area contributed by atoms with E-state index in [0.29, 0.717) is 28.6 Å². The van der Waals surface area contributed by atoms with Crippen LogP contribution in [0.1, 0.15) is 78.6 Å². The van der Waals surface area contributed by atoms with Gasteiger partial charge in [-0.15, -0.1) is 0 Å². The summed E-state index contributed by atoms with van der Waals surface area (Å²) in [5, 5.41) is 0. The van der Waals surface area contributed by atoms with Crippen molar-refractivity contribution in [1.29, 1.82) is 0 Å². The van der Waals surface area contributed by atoms with Crippen molar-refractivity contribution in [3.05, 3.63) is 0 Å². The molecule has 0 spiro atoms. The minimum atomic E-state index is 0.462. The Labute approximate surface area is 155 Å². The SMILES string of the molecule is CC(C1CCC2C3CCC4CC(=O)CCC4(C)C3CCC21C)N(C)C. The highest BCUT2D eigenvalue weighted by Crippen LogP contribution is 2.67. The van der Waals surface area contributed by atoms with E-state index >= 15 is 0 Å². The van der Waals surface area contributed by atoms with Gasteiger partial charge in [-0.1, -0.05) is 13.8 Å². The maximum atomic E-state index is 12.0. The number of hydrogen-bond acceptors (Lipinski definition) is 2. The zero-order chi connectivity index (χ0) is 18.0. The average Bonchev–Trinajstić information content (AvgIpc) is 2.92. The number of rotatable bonds is 2. The number of fused-ring (bicyclic) bond motifs is 5. The smallest absolute Gasteiger partial charge is 0.133 e. The van der Waals surface area contributed by atoms with Crippen molar-refractivity contribution in [1.82, 2.24) is 4.90 Å². The first-order chi connectivity index (χ1) is 11.8. The molecule has 0 aromatic heterocycles. The van der Waals surface area contributed by atoms with Crippen LogP contribution in [0.15, 0.2) is 0 Å². The van der Waals surface area contributed by atoms with Crippen LogP contribution in [-0.2, 0) is 4.79 Å². The fraction of sp³-hybridized carbons (Fsp3) is 0.957. The third-order valence-electron chi connectivity index (χ3n) is 9.95. The lowest BCUT2D eigenvalue weighted by molar-refractivity contribution is -0.140. The Balaban J connectivity index is 1.59. The van der Waals surface area contributed by atoms with Gasteiger partial charge in [0.05, 0.1) is 0 Å². The van der Waals surface area contributed by atoms with Crippen LogP contribution in [0.25, 0.3) is 0 Å². The van der Waals surface area contributed by atoms with E-state index in [0.717, 1.165) is 36.5 Å². The minimum absolute atomic E-state index is 0.462. The van der Waals surface area contributed by atoms with Crippen LogP contribution in [0.2, 0.25) is 0 Å². The Morgan fingerprint density at radius 3 is 2.40 bits per heavy atom. The second kappa shape index (κ2) is 6.08. The minimum Gasteiger partial charge on any atom is -0.306 e. The Morgan fingerprint density at radius 2 is 1.68 bits per heavy atom. The number of hydrogen-bond donors (Lipinski definition) is 0. The molecule has 4 saturated carbocycles. The number of nitrogens with zero attached hydrogens (tertiary/aromatic N) is 1. The van der Waals surface area contributed by atoms with E-state index in [9.17, 15) is 4.79 Å². The first kappa shape index (κ1) is 18.0. The highest BCUT2D eigenvalue weighted by atomic mass is 16.1. The highest BCUT2D eigenvalue weighted by Gasteiger charge is 2.60. The molecule has 0 radical (unpaired) electrons. The van der Waals surface area contributed by atoms with Gasteiger partial charge in [-0.25, -0.2) is 0 Å². The van der Waals surface area contributed by atoms with E-state index in [1.54, 1.807) is 0 Å². The van der Waals surface area contributed by atoms with Crippen LogP contribution in [0.4, 0.5) is 0 Å². The second-order valence-corrected chi connectivity index (χ2v) is 10.8. The predicted octanol–water partition coefficient (Wildman–Crippen LogP) is 5.16. The van der Waals surface area contributed by atoms with E-state index < -0.39 is 0 Å². The summed E-state index contributed by atoms with van der Waals surface area (Å²) in [5.74, 6) is 4.87. The molecular formula is C23H39NO. The van der Waals surface area contributed by atoms with Crippen molar-refractivity contribution in [3.63, 3.8) is 0 Å². The molecule has 142 valence electrons. The molecule has 4 aliphatic carbocycles. The number of ketones is 1. The molecule has 0 heterocycles. The van der Waals surface area contributed by atoms with Crippen LogP contribution >= 0.6 is 0 Å². The van der Waals surface area contributed by atoms with Gasteiger partial charge in [0.25, 0.3) is 0 Å². The van der Waals surface area contributed by atoms with Gasteiger partial charge < -0.3 is 4.90 Å². The molecule has 0 aliphatic heterocycles. The van der Waals surface area contributed by atoms with E-state index in [1.165, 1.54) is 44.9 Å². The van der Waals surface area contributed by atoms with Crippen LogP contribution in [0, 0.1) is 40.4 Å². The van der Waals surface area contributed by atoms with E-state index in [1.807, 2.05) is 0 Å². The summed E-state index contributed by atoms with van der Waals surface area (Å²) < 4.78 is 0. The van der Waals surface area contributed by atoms with Crippen LogP contribution in [-0.4, -0.2) is 30.8 Å². The van der Waals surface area contributed by atoms with Crippen molar-refractivity contribution in [3.8, 4) is 0 Å². The molecule has 0 saturated heterocycles. The lowest BCUT2D eigenvalue weighted by atomic mass is 9.44. The van der Waals surface area contributed by atoms with Crippen molar-refractivity contribution < 1.29 is 4.79 Å². The number of carbonyl (C=O) groups excluding carboxylic acids is 1. The fourth-order valence-electron chi connectivity index (χ4n) is 8.24. The first-order valence-electron chi connectivity index (χ1n) is 11.0. The van der Waals surface area contributed by atoms with Gasteiger partial charge in [-0.05, 0) is 106 Å². The maximum Gasteiger partial charge on any atom is 0.133 e. The quantitative estimate of drug-likeness (QED) is 0.688. The van der Waals surface area contributed by atoms with Crippen molar-refractivity contribution in [2.24, 2.45) is 40.4 Å². The Morgan fingerprint density at radius 1 is 0.960 bits per heavy atom. The van der Waals surface area contributed by atoms with Crippen LogP contribution in [0.3, 0.4) is 0 Å². The molecule has 0 aromatic rings. The summed E-state index contributed by atoms with van der Waals surface area (Å²) in [4.78, 5) is 14.5. The molecule has 4 aliphatic rings. The summed E-state index contributed by atoms with van der Waals surface area (Å²) in [6, 6.07) is 0.700. The molecule has 0 N–H and O–H groups in total. The third kappa shape index (κ3) is 2.57. The fourth-order valence-corrected chi connectivity index (χ4v) is 8.24. The summed E-state index contributed by atoms with van der Waals surface area (Å²) in [6.45, 7) is 7.66.